The van der Waals surface area contributed by atoms with Crippen LogP contribution in [-0.2, 0) is 0 Å². The van der Waals surface area contributed by atoms with Gasteiger partial charge in [0, 0.05) is 5.56 Å². The highest BCUT2D eigenvalue weighted by Crippen LogP contribution is 2.19. The Balaban J connectivity index is 2.83. The summed E-state index contributed by atoms with van der Waals surface area (Å²) in [5.41, 5.74) is 5.56. The van der Waals surface area contributed by atoms with Gasteiger partial charge in [-0.2, -0.15) is 8.78 Å². The highest BCUT2D eigenvalue weighted by atomic mass is 19.3. The van der Waals surface area contributed by atoms with Gasteiger partial charge >= 0.3 is 12.6 Å². The van der Waals surface area contributed by atoms with Crippen LogP contribution in [0.5, 0.6) is 5.88 Å². The monoisotopic (exact) mass is 217 g/mol. The van der Waals surface area contributed by atoms with Crippen LogP contribution in [-0.4, -0.2) is 17.6 Å². The molecule has 82 valence electrons. The van der Waals surface area contributed by atoms with Gasteiger partial charge in [-0.15, -0.1) is 0 Å². The van der Waals surface area contributed by atoms with E-state index in [4.69, 9.17) is 5.73 Å². The summed E-state index contributed by atoms with van der Waals surface area (Å²) in [6.45, 7) is -1.40. The molecule has 1 heterocycles. The molecule has 0 saturated heterocycles. The van der Waals surface area contributed by atoms with E-state index in [-0.39, 0.29) is 5.88 Å². The van der Waals surface area contributed by atoms with E-state index >= 15 is 0 Å². The molecule has 0 radical (unpaired) electrons. The van der Waals surface area contributed by atoms with Crippen LogP contribution in [0.3, 0.4) is 0 Å². The molecule has 0 saturated carbocycles. The third-order valence-electron chi connectivity index (χ3n) is 1.50. The van der Waals surface area contributed by atoms with Gasteiger partial charge in [0.1, 0.15) is 0 Å². The second-order valence-electron chi connectivity index (χ2n) is 2.71. The van der Waals surface area contributed by atoms with E-state index in [9.17, 15) is 13.6 Å². The van der Waals surface area contributed by atoms with E-state index in [0.29, 0.717) is 11.3 Å². The zero-order valence-corrected chi connectivity index (χ0v) is 7.83. The fourth-order valence-electron chi connectivity index (χ4n) is 0.981. The molecule has 0 spiro atoms. The quantitative estimate of drug-likeness (QED) is 0.804. The number of pyridine rings is 1. The molecular formula is C8H9F2N3O2. The van der Waals surface area contributed by atoms with Gasteiger partial charge in [0.15, 0.2) is 0 Å². The number of carbonyl (C=O) groups is 1. The van der Waals surface area contributed by atoms with Crippen LogP contribution in [0.1, 0.15) is 5.56 Å². The molecule has 3 N–H and O–H groups in total. The number of rotatable bonds is 3. The van der Waals surface area contributed by atoms with Gasteiger partial charge in [-0.05, 0) is 13.0 Å². The molecule has 1 rings (SSSR count). The molecule has 7 heteroatoms. The summed E-state index contributed by atoms with van der Waals surface area (Å²) in [5.74, 6) is -0.181. The number of ether oxygens (including phenoxy) is 1. The summed E-state index contributed by atoms with van der Waals surface area (Å²) in [6.07, 6.45) is 1.18. The molecule has 1 aromatic heterocycles. The van der Waals surface area contributed by atoms with E-state index in [1.807, 2.05) is 0 Å². The maximum absolute atomic E-state index is 11.9. The Morgan fingerprint density at radius 2 is 2.33 bits per heavy atom. The van der Waals surface area contributed by atoms with Crippen molar-refractivity contribution in [1.82, 2.24) is 4.98 Å². The molecule has 1 aromatic rings. The Bertz CT molecular complexity index is 371. The topological polar surface area (TPSA) is 77.2 Å². The van der Waals surface area contributed by atoms with Crippen molar-refractivity contribution in [3.63, 3.8) is 0 Å². The lowest BCUT2D eigenvalue weighted by Gasteiger charge is -2.08. The maximum Gasteiger partial charge on any atom is 0.388 e. The number of hydrogen-bond acceptors (Lipinski definition) is 3. The van der Waals surface area contributed by atoms with Gasteiger partial charge in [0.05, 0.1) is 11.9 Å². The molecule has 2 amide bonds. The lowest BCUT2D eigenvalue weighted by Crippen LogP contribution is -2.19. The van der Waals surface area contributed by atoms with Gasteiger partial charge < -0.3 is 15.8 Å². The summed E-state index contributed by atoms with van der Waals surface area (Å²) < 4.78 is 27.8. The maximum atomic E-state index is 11.9. The predicted octanol–water partition coefficient (Wildman–Crippen LogP) is 1.48. The van der Waals surface area contributed by atoms with Crippen molar-refractivity contribution in [2.75, 3.05) is 5.32 Å². The molecule has 0 aromatic carbocycles. The predicted molar refractivity (Wildman–Crippen MR) is 48.8 cm³/mol. The third-order valence-corrected chi connectivity index (χ3v) is 1.50. The average Bonchev–Trinajstić information content (AvgIpc) is 2.08. The fourth-order valence-corrected chi connectivity index (χ4v) is 0.981. The van der Waals surface area contributed by atoms with Gasteiger partial charge in [-0.25, -0.2) is 9.78 Å². The summed E-state index contributed by atoms with van der Waals surface area (Å²) in [5, 5.41) is 2.26. The Hall–Kier alpha value is -1.92. The molecule has 0 unspecified atom stereocenters. The van der Waals surface area contributed by atoms with Crippen LogP contribution in [0.25, 0.3) is 0 Å². The molecule has 0 aliphatic rings. The van der Waals surface area contributed by atoms with Crippen molar-refractivity contribution in [3.05, 3.63) is 17.8 Å². The largest absolute Gasteiger partial charge is 0.417 e. The highest BCUT2D eigenvalue weighted by molar-refractivity contribution is 5.87. The number of nitrogens with zero attached hydrogens (tertiary/aromatic N) is 1. The summed E-state index contributed by atoms with van der Waals surface area (Å²) in [4.78, 5) is 14.1. The van der Waals surface area contributed by atoms with Crippen LogP contribution < -0.4 is 15.8 Å². The summed E-state index contributed by atoms with van der Waals surface area (Å²) in [7, 11) is 0. The van der Waals surface area contributed by atoms with Crippen molar-refractivity contribution in [2.24, 2.45) is 5.73 Å². The Morgan fingerprint density at radius 1 is 1.67 bits per heavy atom. The minimum absolute atomic E-state index is 0.181. The number of urea groups is 1. The lowest BCUT2D eigenvalue weighted by atomic mass is 10.3. The first kappa shape index (κ1) is 11.2. The Labute approximate surface area is 84.2 Å². The lowest BCUT2D eigenvalue weighted by molar-refractivity contribution is -0.0533. The van der Waals surface area contributed by atoms with Gasteiger partial charge in [0.25, 0.3) is 0 Å². The Morgan fingerprint density at radius 3 is 2.80 bits per heavy atom. The smallest absolute Gasteiger partial charge is 0.388 e. The van der Waals surface area contributed by atoms with Crippen molar-refractivity contribution >= 4 is 11.7 Å². The van der Waals surface area contributed by atoms with Gasteiger partial charge in [-0.1, -0.05) is 0 Å². The molecular weight excluding hydrogens is 208 g/mol. The second-order valence-corrected chi connectivity index (χ2v) is 2.71. The number of nitrogens with one attached hydrogen (secondary N) is 1. The number of carbonyl (C=O) groups excluding carboxylic acids is 1. The summed E-state index contributed by atoms with van der Waals surface area (Å²) >= 11 is 0. The minimum Gasteiger partial charge on any atom is -0.417 e. The van der Waals surface area contributed by atoms with E-state index in [1.165, 1.54) is 19.2 Å². The van der Waals surface area contributed by atoms with Crippen LogP contribution in [0.4, 0.5) is 19.3 Å². The van der Waals surface area contributed by atoms with Crippen molar-refractivity contribution in [3.8, 4) is 5.88 Å². The van der Waals surface area contributed by atoms with Crippen molar-refractivity contribution < 1.29 is 18.3 Å². The molecule has 5 nitrogen and oxygen atoms in total. The molecule has 15 heavy (non-hydrogen) atoms. The third kappa shape index (κ3) is 3.37. The number of aromatic nitrogens is 1. The van der Waals surface area contributed by atoms with Crippen LogP contribution in [0, 0.1) is 6.92 Å². The number of primary amides is 1. The zero-order chi connectivity index (χ0) is 11.4. The fraction of sp³-hybridized carbons (Fsp3) is 0.250. The molecule has 0 atom stereocenters. The second kappa shape index (κ2) is 4.54. The minimum atomic E-state index is -2.92. The molecule has 0 bridgehead atoms. The van der Waals surface area contributed by atoms with Crippen LogP contribution in [0.2, 0.25) is 0 Å². The van der Waals surface area contributed by atoms with Crippen LogP contribution >= 0.6 is 0 Å². The highest BCUT2D eigenvalue weighted by Gasteiger charge is 2.09. The molecule has 0 fully saturated rings. The number of aryl methyl sites for hydroxylation is 1. The summed E-state index contributed by atoms with van der Waals surface area (Å²) in [6, 6.07) is 0.675. The zero-order valence-electron chi connectivity index (χ0n) is 7.83. The van der Waals surface area contributed by atoms with E-state index in [1.54, 1.807) is 0 Å². The molecule has 0 aliphatic heterocycles. The van der Waals surface area contributed by atoms with Gasteiger partial charge in [0.2, 0.25) is 5.88 Å². The number of nitrogens with two attached hydrogens (primary N) is 1. The number of hydrogen-bond donors (Lipinski definition) is 2. The van der Waals surface area contributed by atoms with E-state index in [0.717, 1.165) is 0 Å². The van der Waals surface area contributed by atoms with Crippen molar-refractivity contribution in [1.29, 1.82) is 0 Å². The van der Waals surface area contributed by atoms with Crippen molar-refractivity contribution in [2.45, 2.75) is 13.5 Å². The number of anilines is 1. The standard InChI is InChI=1S/C8H9F2N3O2/c1-4-2-5(13-8(11)14)3-12-6(4)15-7(9)10/h2-3,7H,1H3,(H3,11,13,14). The van der Waals surface area contributed by atoms with E-state index in [2.05, 4.69) is 15.0 Å². The van der Waals surface area contributed by atoms with Gasteiger partial charge in [-0.3, -0.25) is 0 Å². The first-order chi connectivity index (χ1) is 6.99. The normalized spacial score (nSPS) is 10.1. The number of halogens is 2. The first-order valence-corrected chi connectivity index (χ1v) is 3.97. The number of amides is 2. The van der Waals surface area contributed by atoms with E-state index < -0.39 is 12.6 Å². The average molecular weight is 217 g/mol. The molecule has 0 aliphatic carbocycles. The first-order valence-electron chi connectivity index (χ1n) is 3.97. The SMILES string of the molecule is Cc1cc(NC(N)=O)cnc1OC(F)F. The Kier molecular flexibility index (Phi) is 3.37. The van der Waals surface area contributed by atoms with Crippen LogP contribution in [0.15, 0.2) is 12.3 Å². The number of alkyl halides is 2.